The Morgan fingerprint density at radius 3 is 2.50 bits per heavy atom. The van der Waals surface area contributed by atoms with Crippen LogP contribution in [0.2, 0.25) is 0 Å². The lowest BCUT2D eigenvalue weighted by molar-refractivity contribution is -0.182. The molecule has 0 aromatic heterocycles. The van der Waals surface area contributed by atoms with Gasteiger partial charge in [0.15, 0.2) is 0 Å². The van der Waals surface area contributed by atoms with Gasteiger partial charge in [0.25, 0.3) is 0 Å². The average molecular weight is 301 g/mol. The van der Waals surface area contributed by atoms with Gasteiger partial charge in [0.05, 0.1) is 5.60 Å². The first kappa shape index (κ1) is 16.0. The van der Waals surface area contributed by atoms with Crippen molar-refractivity contribution in [2.24, 2.45) is 11.8 Å². The predicted molar refractivity (Wildman–Crippen MR) is 91.9 cm³/mol. The van der Waals surface area contributed by atoms with Gasteiger partial charge < -0.3 is 0 Å². The number of benzene rings is 1. The molecule has 2 fully saturated rings. The Hall–Kier alpha value is -0.860. The summed E-state index contributed by atoms with van der Waals surface area (Å²) in [6.07, 6.45) is 2.45. The van der Waals surface area contributed by atoms with E-state index in [9.17, 15) is 0 Å². The molecule has 3 rings (SSSR count). The summed E-state index contributed by atoms with van der Waals surface area (Å²) in [7, 11) is 2.11. The van der Waals surface area contributed by atoms with Crippen molar-refractivity contribution >= 4 is 0 Å². The Morgan fingerprint density at radius 2 is 1.82 bits per heavy atom. The van der Waals surface area contributed by atoms with Crippen LogP contribution in [0.1, 0.15) is 57.2 Å². The van der Waals surface area contributed by atoms with Gasteiger partial charge in [0.1, 0.15) is 0 Å². The Kier molecular flexibility index (Phi) is 3.69. The largest absolute Gasteiger partial charge is 0.293 e. The first-order chi connectivity index (χ1) is 10.1. The Morgan fingerprint density at radius 1 is 1.14 bits per heavy atom. The van der Waals surface area contributed by atoms with Gasteiger partial charge >= 0.3 is 0 Å². The molecule has 1 saturated carbocycles. The number of aryl methyl sites for hydroxylation is 2. The van der Waals surface area contributed by atoms with E-state index in [2.05, 4.69) is 71.9 Å². The highest BCUT2D eigenvalue weighted by molar-refractivity contribution is 5.37. The van der Waals surface area contributed by atoms with Crippen molar-refractivity contribution in [2.75, 3.05) is 7.05 Å². The molecule has 1 saturated heterocycles. The minimum atomic E-state index is -0.0624. The van der Waals surface area contributed by atoms with Crippen LogP contribution in [0.5, 0.6) is 0 Å². The zero-order valence-corrected chi connectivity index (χ0v) is 15.2. The molecule has 4 atom stereocenters. The second kappa shape index (κ2) is 5.07. The minimum Gasteiger partial charge on any atom is -0.293 e. The van der Waals surface area contributed by atoms with Gasteiger partial charge in [-0.15, -0.1) is 0 Å². The predicted octanol–water partition coefficient (Wildman–Crippen LogP) is 4.63. The average Bonchev–Trinajstić information content (AvgIpc) is 2.62. The molecule has 1 aliphatic heterocycles. The van der Waals surface area contributed by atoms with Crippen LogP contribution in [0, 0.1) is 25.7 Å². The first-order valence-electron chi connectivity index (χ1n) is 8.64. The third kappa shape index (κ3) is 2.41. The van der Waals surface area contributed by atoms with E-state index in [4.69, 9.17) is 4.84 Å². The van der Waals surface area contributed by atoms with E-state index < -0.39 is 0 Å². The summed E-state index contributed by atoms with van der Waals surface area (Å²) in [5.74, 6) is 1.24. The van der Waals surface area contributed by atoms with Crippen LogP contribution < -0.4 is 0 Å². The van der Waals surface area contributed by atoms with E-state index >= 15 is 0 Å². The van der Waals surface area contributed by atoms with E-state index in [1.807, 2.05) is 0 Å². The maximum atomic E-state index is 6.18. The molecular formula is C20H31NO. The molecule has 0 spiro atoms. The highest BCUT2D eigenvalue weighted by Crippen LogP contribution is 2.53. The van der Waals surface area contributed by atoms with Gasteiger partial charge in [-0.3, -0.25) is 4.84 Å². The van der Waals surface area contributed by atoms with Crippen LogP contribution in [0.25, 0.3) is 0 Å². The Labute approximate surface area is 135 Å². The molecule has 0 N–H and O–H groups in total. The molecule has 0 radical (unpaired) electrons. The van der Waals surface area contributed by atoms with E-state index in [0.29, 0.717) is 17.9 Å². The second-order valence-electron chi connectivity index (χ2n) is 8.60. The lowest BCUT2D eigenvalue weighted by Gasteiger charge is -2.47. The van der Waals surface area contributed by atoms with Crippen LogP contribution in [0.15, 0.2) is 18.2 Å². The maximum absolute atomic E-state index is 6.18. The zero-order chi connectivity index (χ0) is 16.3. The number of hydrogen-bond acceptors (Lipinski definition) is 2. The van der Waals surface area contributed by atoms with Crippen LogP contribution in [0.4, 0.5) is 0 Å². The molecule has 0 bridgehead atoms. The van der Waals surface area contributed by atoms with Gasteiger partial charge in [-0.1, -0.05) is 37.6 Å². The SMILES string of the molecule is Cc1ccc(C)c(C2(C)CC(C)C3C(C2)C(C)(C)ON3C)c1. The fourth-order valence-corrected chi connectivity index (χ4v) is 5.29. The van der Waals surface area contributed by atoms with Gasteiger partial charge in [0, 0.05) is 19.0 Å². The van der Waals surface area contributed by atoms with Gasteiger partial charge in [-0.25, -0.2) is 0 Å². The third-order valence-corrected chi connectivity index (χ3v) is 6.17. The lowest BCUT2D eigenvalue weighted by Crippen LogP contribution is -2.48. The fraction of sp³-hybridized carbons (Fsp3) is 0.700. The van der Waals surface area contributed by atoms with Crippen molar-refractivity contribution in [3.8, 4) is 0 Å². The molecule has 1 aromatic carbocycles. The molecule has 4 unspecified atom stereocenters. The Balaban J connectivity index is 2.01. The van der Waals surface area contributed by atoms with Crippen molar-refractivity contribution in [3.63, 3.8) is 0 Å². The molecule has 1 aromatic rings. The summed E-state index contributed by atoms with van der Waals surface area (Å²) in [5.41, 5.74) is 4.54. The van der Waals surface area contributed by atoms with Crippen molar-refractivity contribution in [1.82, 2.24) is 5.06 Å². The molecule has 2 heteroatoms. The lowest BCUT2D eigenvalue weighted by atomic mass is 9.58. The molecule has 22 heavy (non-hydrogen) atoms. The molecule has 1 heterocycles. The summed E-state index contributed by atoms with van der Waals surface area (Å²) < 4.78 is 0. The number of nitrogens with zero attached hydrogens (tertiary/aromatic N) is 1. The summed E-state index contributed by atoms with van der Waals surface area (Å²) >= 11 is 0. The Bertz CT molecular complexity index is 579. The molecule has 1 aliphatic carbocycles. The number of rotatable bonds is 1. The second-order valence-corrected chi connectivity index (χ2v) is 8.60. The number of hydroxylamine groups is 2. The zero-order valence-electron chi connectivity index (χ0n) is 15.2. The molecule has 2 aliphatic rings. The van der Waals surface area contributed by atoms with E-state index in [1.165, 1.54) is 24.0 Å². The number of hydrogen-bond donors (Lipinski definition) is 0. The molecular weight excluding hydrogens is 270 g/mol. The summed E-state index contributed by atoms with van der Waals surface area (Å²) in [5, 5.41) is 2.14. The fourth-order valence-electron chi connectivity index (χ4n) is 5.29. The molecule has 2 nitrogen and oxygen atoms in total. The van der Waals surface area contributed by atoms with E-state index in [1.54, 1.807) is 5.56 Å². The quantitative estimate of drug-likeness (QED) is 0.750. The molecule has 122 valence electrons. The van der Waals surface area contributed by atoms with Crippen LogP contribution in [-0.4, -0.2) is 23.8 Å². The topological polar surface area (TPSA) is 12.5 Å². The minimum absolute atomic E-state index is 0.0624. The summed E-state index contributed by atoms with van der Waals surface area (Å²) in [6, 6.07) is 7.48. The monoisotopic (exact) mass is 301 g/mol. The summed E-state index contributed by atoms with van der Waals surface area (Å²) in [4.78, 5) is 6.18. The third-order valence-electron chi connectivity index (χ3n) is 6.17. The first-order valence-corrected chi connectivity index (χ1v) is 8.64. The van der Waals surface area contributed by atoms with Gasteiger partial charge in [-0.2, -0.15) is 5.06 Å². The van der Waals surface area contributed by atoms with Gasteiger partial charge in [0.2, 0.25) is 0 Å². The van der Waals surface area contributed by atoms with E-state index in [-0.39, 0.29) is 11.0 Å². The standard InChI is InChI=1S/C20H31NO/c1-13-8-9-14(2)16(10-13)20(6)11-15(3)18-17(12-20)19(4,5)22-21(18)7/h8-10,15,17-18H,11-12H2,1-7H3. The highest BCUT2D eigenvalue weighted by Gasteiger charge is 2.55. The van der Waals surface area contributed by atoms with Crippen molar-refractivity contribution < 1.29 is 4.84 Å². The maximum Gasteiger partial charge on any atom is 0.0887 e. The van der Waals surface area contributed by atoms with Gasteiger partial charge in [-0.05, 0) is 63.0 Å². The molecule has 0 amide bonds. The number of fused-ring (bicyclic) bond motifs is 1. The highest BCUT2D eigenvalue weighted by atomic mass is 16.7. The summed E-state index contributed by atoms with van der Waals surface area (Å²) in [6.45, 7) is 13.9. The van der Waals surface area contributed by atoms with Crippen LogP contribution in [0.3, 0.4) is 0 Å². The van der Waals surface area contributed by atoms with Crippen LogP contribution >= 0.6 is 0 Å². The smallest absolute Gasteiger partial charge is 0.0887 e. The van der Waals surface area contributed by atoms with Crippen LogP contribution in [-0.2, 0) is 10.3 Å². The normalized spacial score (nSPS) is 38.0. The van der Waals surface area contributed by atoms with Crippen molar-refractivity contribution in [1.29, 1.82) is 0 Å². The van der Waals surface area contributed by atoms with Crippen molar-refractivity contribution in [3.05, 3.63) is 34.9 Å². The van der Waals surface area contributed by atoms with E-state index in [0.717, 1.165) is 0 Å². The van der Waals surface area contributed by atoms with Crippen molar-refractivity contribution in [2.45, 2.75) is 71.4 Å².